The molecule has 1 aliphatic heterocycles. The summed E-state index contributed by atoms with van der Waals surface area (Å²) in [4.78, 5) is 14.7. The van der Waals surface area contributed by atoms with E-state index in [1.807, 2.05) is 0 Å². The van der Waals surface area contributed by atoms with Gasteiger partial charge in [-0.1, -0.05) is 18.2 Å². The van der Waals surface area contributed by atoms with Crippen molar-refractivity contribution in [2.75, 3.05) is 20.2 Å². The van der Waals surface area contributed by atoms with Crippen LogP contribution in [0.3, 0.4) is 0 Å². The number of nitrogens with one attached hydrogen (secondary N) is 2. The van der Waals surface area contributed by atoms with Crippen molar-refractivity contribution >= 4 is 11.6 Å². The van der Waals surface area contributed by atoms with Crippen LogP contribution in [-0.2, 0) is 11.3 Å². The van der Waals surface area contributed by atoms with Crippen LogP contribution >= 0.6 is 0 Å². The maximum atomic E-state index is 11.0. The topological polar surface area (TPSA) is 88.8 Å². The number of hydrogen-bond acceptors (Lipinski definition) is 4. The number of hydrogen-bond donors (Lipinski definition) is 2. The molecular weight excluding hydrogens is 272 g/mol. The summed E-state index contributed by atoms with van der Waals surface area (Å²) in [6.07, 6.45) is 2.36. The van der Waals surface area contributed by atoms with Crippen LogP contribution < -0.4 is 10.6 Å². The molecule has 0 saturated carbocycles. The molecule has 0 radical (unpaired) electrons. The number of nitrogens with zero attached hydrogens (tertiary/aromatic N) is 2. The highest BCUT2D eigenvalue weighted by Crippen LogP contribution is 2.17. The fourth-order valence-electron chi connectivity index (χ4n) is 2.25. The van der Waals surface area contributed by atoms with Crippen molar-refractivity contribution in [3.63, 3.8) is 0 Å². The second kappa shape index (κ2) is 7.58. The summed E-state index contributed by atoms with van der Waals surface area (Å²) in [7, 11) is 1.67. The Morgan fingerprint density at radius 1 is 1.48 bits per heavy atom. The molecule has 1 aromatic rings. The van der Waals surface area contributed by atoms with E-state index in [0.717, 1.165) is 19.4 Å². The van der Waals surface area contributed by atoms with Gasteiger partial charge in [0.05, 0.1) is 11.0 Å². The average Bonchev–Trinajstić information content (AvgIpc) is 3.01. The van der Waals surface area contributed by atoms with E-state index in [1.54, 1.807) is 25.2 Å². The van der Waals surface area contributed by atoms with Crippen LogP contribution in [0.4, 0.5) is 5.69 Å². The summed E-state index contributed by atoms with van der Waals surface area (Å²) in [5.74, 6) is 0.614. The molecule has 0 aliphatic carbocycles. The number of aliphatic imine (C=N–C) groups is 1. The predicted molar refractivity (Wildman–Crippen MR) is 80.3 cm³/mol. The zero-order valence-electron chi connectivity index (χ0n) is 12.0. The lowest BCUT2D eigenvalue weighted by atomic mass is 10.2. The molecule has 0 spiro atoms. The Kier molecular flexibility index (Phi) is 5.51. The minimum absolute atomic E-state index is 0.111. The van der Waals surface area contributed by atoms with E-state index < -0.39 is 0 Å². The van der Waals surface area contributed by atoms with E-state index in [4.69, 9.17) is 4.74 Å². The van der Waals surface area contributed by atoms with Gasteiger partial charge in [0, 0.05) is 38.4 Å². The smallest absolute Gasteiger partial charge is 0.274 e. The lowest BCUT2D eigenvalue weighted by molar-refractivity contribution is -0.385. The van der Waals surface area contributed by atoms with Gasteiger partial charge in [0.15, 0.2) is 5.96 Å². The Morgan fingerprint density at radius 3 is 2.95 bits per heavy atom. The lowest BCUT2D eigenvalue weighted by Gasteiger charge is -2.15. The summed E-state index contributed by atoms with van der Waals surface area (Å²) < 4.78 is 5.53. The van der Waals surface area contributed by atoms with E-state index in [-0.39, 0.29) is 16.7 Å². The van der Waals surface area contributed by atoms with Gasteiger partial charge in [-0.05, 0) is 12.8 Å². The van der Waals surface area contributed by atoms with Crippen LogP contribution in [0.1, 0.15) is 18.4 Å². The maximum Gasteiger partial charge on any atom is 0.274 e. The first-order valence-corrected chi connectivity index (χ1v) is 6.99. The molecule has 1 fully saturated rings. The summed E-state index contributed by atoms with van der Waals surface area (Å²) in [5.41, 5.74) is 0.738. The van der Waals surface area contributed by atoms with Gasteiger partial charge in [0.1, 0.15) is 0 Å². The van der Waals surface area contributed by atoms with Crippen molar-refractivity contribution in [1.82, 2.24) is 10.6 Å². The summed E-state index contributed by atoms with van der Waals surface area (Å²) in [5, 5.41) is 17.2. The van der Waals surface area contributed by atoms with Crippen LogP contribution in [-0.4, -0.2) is 37.2 Å². The summed E-state index contributed by atoms with van der Waals surface area (Å²) in [6.45, 7) is 1.85. The molecule has 1 saturated heterocycles. The van der Waals surface area contributed by atoms with Gasteiger partial charge in [-0.3, -0.25) is 15.1 Å². The normalized spacial score (nSPS) is 18.5. The molecule has 21 heavy (non-hydrogen) atoms. The van der Waals surface area contributed by atoms with Crippen molar-refractivity contribution in [3.05, 3.63) is 39.9 Å². The molecule has 1 heterocycles. The van der Waals surface area contributed by atoms with Gasteiger partial charge in [0.25, 0.3) is 5.69 Å². The standard InChI is InChI=1S/C14H20N4O3/c1-15-14(17-10-12-6-4-8-21-12)16-9-11-5-2-3-7-13(11)18(19)20/h2-3,5,7,12H,4,6,8-10H2,1H3,(H2,15,16,17). The SMILES string of the molecule is CN=C(NCc1ccccc1[N+](=O)[O-])NCC1CCCO1. The monoisotopic (exact) mass is 292 g/mol. The van der Waals surface area contributed by atoms with Crippen LogP contribution in [0.5, 0.6) is 0 Å². The third-order valence-electron chi connectivity index (χ3n) is 3.38. The Hall–Kier alpha value is -2.15. The number of nitro groups is 1. The summed E-state index contributed by atoms with van der Waals surface area (Å²) in [6, 6.07) is 6.68. The molecule has 0 amide bonds. The Balaban J connectivity index is 1.86. The van der Waals surface area contributed by atoms with Crippen molar-refractivity contribution in [3.8, 4) is 0 Å². The zero-order valence-corrected chi connectivity index (χ0v) is 12.0. The van der Waals surface area contributed by atoms with Gasteiger partial charge in [-0.15, -0.1) is 0 Å². The fourth-order valence-corrected chi connectivity index (χ4v) is 2.25. The average molecular weight is 292 g/mol. The number of para-hydroxylation sites is 1. The Bertz CT molecular complexity index is 513. The molecule has 2 N–H and O–H groups in total. The van der Waals surface area contributed by atoms with Gasteiger partial charge in [-0.2, -0.15) is 0 Å². The van der Waals surface area contributed by atoms with E-state index in [2.05, 4.69) is 15.6 Å². The van der Waals surface area contributed by atoms with Crippen molar-refractivity contribution in [1.29, 1.82) is 0 Å². The van der Waals surface area contributed by atoms with Gasteiger partial charge < -0.3 is 15.4 Å². The lowest BCUT2D eigenvalue weighted by Crippen LogP contribution is -2.40. The first-order valence-electron chi connectivity index (χ1n) is 6.99. The Labute approximate surface area is 123 Å². The third-order valence-corrected chi connectivity index (χ3v) is 3.38. The molecule has 2 rings (SSSR count). The molecule has 0 aromatic heterocycles. The molecule has 1 aliphatic rings. The molecule has 1 aromatic carbocycles. The largest absolute Gasteiger partial charge is 0.376 e. The van der Waals surface area contributed by atoms with Crippen LogP contribution in [0, 0.1) is 10.1 Å². The van der Waals surface area contributed by atoms with Crippen molar-refractivity contribution < 1.29 is 9.66 Å². The first-order chi connectivity index (χ1) is 10.2. The third kappa shape index (κ3) is 4.42. The zero-order chi connectivity index (χ0) is 15.1. The predicted octanol–water partition coefficient (Wildman–Crippen LogP) is 1.44. The minimum atomic E-state index is -0.375. The van der Waals surface area contributed by atoms with Crippen LogP contribution in [0.15, 0.2) is 29.3 Å². The van der Waals surface area contributed by atoms with Gasteiger partial charge >= 0.3 is 0 Å². The molecule has 114 valence electrons. The second-order valence-corrected chi connectivity index (χ2v) is 4.83. The van der Waals surface area contributed by atoms with Gasteiger partial charge in [0.2, 0.25) is 0 Å². The second-order valence-electron chi connectivity index (χ2n) is 4.83. The molecule has 7 heteroatoms. The van der Waals surface area contributed by atoms with E-state index >= 15 is 0 Å². The summed E-state index contributed by atoms with van der Waals surface area (Å²) >= 11 is 0. The van der Waals surface area contributed by atoms with Crippen LogP contribution in [0.25, 0.3) is 0 Å². The highest BCUT2D eigenvalue weighted by molar-refractivity contribution is 5.79. The quantitative estimate of drug-likeness (QED) is 0.371. The number of ether oxygens (including phenoxy) is 1. The first kappa shape index (κ1) is 15.2. The number of nitro benzene ring substituents is 1. The highest BCUT2D eigenvalue weighted by Gasteiger charge is 2.16. The van der Waals surface area contributed by atoms with E-state index in [1.165, 1.54) is 6.07 Å². The molecule has 1 unspecified atom stereocenters. The number of guanidine groups is 1. The molecule has 0 bridgehead atoms. The van der Waals surface area contributed by atoms with Gasteiger partial charge in [-0.25, -0.2) is 0 Å². The fraction of sp³-hybridized carbons (Fsp3) is 0.500. The molecule has 7 nitrogen and oxygen atoms in total. The van der Waals surface area contributed by atoms with Crippen molar-refractivity contribution in [2.24, 2.45) is 4.99 Å². The van der Waals surface area contributed by atoms with E-state index in [9.17, 15) is 10.1 Å². The highest BCUT2D eigenvalue weighted by atomic mass is 16.6. The molecule has 1 atom stereocenters. The number of rotatable bonds is 5. The molecular formula is C14H20N4O3. The minimum Gasteiger partial charge on any atom is -0.376 e. The van der Waals surface area contributed by atoms with Crippen LogP contribution in [0.2, 0.25) is 0 Å². The van der Waals surface area contributed by atoms with Crippen molar-refractivity contribution in [2.45, 2.75) is 25.5 Å². The van der Waals surface area contributed by atoms with E-state index in [0.29, 0.717) is 24.6 Å². The maximum absolute atomic E-state index is 11.0. The Morgan fingerprint density at radius 2 is 2.29 bits per heavy atom. The number of benzene rings is 1.